The second-order valence-corrected chi connectivity index (χ2v) is 3.86. The summed E-state index contributed by atoms with van der Waals surface area (Å²) in [6.45, 7) is 2.80. The summed E-state index contributed by atoms with van der Waals surface area (Å²) in [5, 5.41) is 0. The first-order valence-corrected chi connectivity index (χ1v) is 6.06. The van der Waals surface area contributed by atoms with Gasteiger partial charge in [-0.25, -0.2) is 0 Å². The lowest BCUT2D eigenvalue weighted by Crippen LogP contribution is -1.96. The largest absolute Gasteiger partial charge is 0.493 e. The number of nitrogens with zero attached hydrogens (tertiary/aromatic N) is 2. The molecule has 0 fully saturated rings. The zero-order valence-corrected chi connectivity index (χ0v) is 10.4. The van der Waals surface area contributed by atoms with Crippen LogP contribution in [-0.4, -0.2) is 17.8 Å². The molecule has 3 heteroatoms. The first-order chi connectivity index (χ1) is 8.88. The molecule has 0 N–H and O–H groups in total. The zero-order chi connectivity index (χ0) is 12.6. The minimum absolute atomic E-state index is 0.722. The summed E-state index contributed by atoms with van der Waals surface area (Å²) in [5.41, 5.74) is 1.71. The van der Waals surface area contributed by atoms with E-state index in [2.05, 4.69) is 16.9 Å². The monoisotopic (exact) mass is 240 g/mol. The van der Waals surface area contributed by atoms with Crippen LogP contribution in [0.25, 0.3) is 0 Å². The molecule has 0 spiro atoms. The topological polar surface area (TPSA) is 34.5 Å². The fourth-order valence-corrected chi connectivity index (χ4v) is 1.46. The molecule has 18 heavy (non-hydrogen) atoms. The Balaban J connectivity index is 2.07. The zero-order valence-electron chi connectivity index (χ0n) is 10.4. The molecule has 0 amide bonds. The summed E-state index contributed by atoms with van der Waals surface area (Å²) in [7, 11) is 0. The summed E-state index contributed by atoms with van der Waals surface area (Å²) >= 11 is 0. The number of para-hydroxylation sites is 1. The van der Waals surface area contributed by atoms with Gasteiger partial charge in [-0.3, -0.25) is 9.98 Å². The molecule has 1 aromatic heterocycles. The van der Waals surface area contributed by atoms with Gasteiger partial charge in [0.1, 0.15) is 5.75 Å². The first kappa shape index (κ1) is 12.3. The van der Waals surface area contributed by atoms with Gasteiger partial charge in [0, 0.05) is 12.3 Å². The Morgan fingerprint density at radius 3 is 2.83 bits per heavy atom. The standard InChI is InChI=1S/C15H16N2O/c1-2-10-18-15-8-9-16-14(11-15)12-17-13-6-4-3-5-7-13/h3-9,11-12H,2,10H2,1H3. The van der Waals surface area contributed by atoms with E-state index in [1.165, 1.54) is 0 Å². The number of aromatic nitrogens is 1. The molecule has 0 atom stereocenters. The third-order valence-electron chi connectivity index (χ3n) is 2.33. The molecule has 0 saturated carbocycles. The minimum atomic E-state index is 0.722. The maximum Gasteiger partial charge on any atom is 0.123 e. The fraction of sp³-hybridized carbons (Fsp3) is 0.200. The minimum Gasteiger partial charge on any atom is -0.493 e. The second-order valence-electron chi connectivity index (χ2n) is 3.86. The van der Waals surface area contributed by atoms with E-state index in [-0.39, 0.29) is 0 Å². The van der Waals surface area contributed by atoms with Crippen LogP contribution in [0.15, 0.2) is 53.7 Å². The Morgan fingerprint density at radius 1 is 1.22 bits per heavy atom. The highest BCUT2D eigenvalue weighted by atomic mass is 16.5. The Labute approximate surface area is 107 Å². The molecular formula is C15H16N2O. The van der Waals surface area contributed by atoms with Crippen molar-refractivity contribution >= 4 is 11.9 Å². The summed E-state index contributed by atoms with van der Waals surface area (Å²) < 4.78 is 5.55. The van der Waals surface area contributed by atoms with E-state index in [0.29, 0.717) is 0 Å². The number of pyridine rings is 1. The van der Waals surface area contributed by atoms with Crippen LogP contribution in [0.2, 0.25) is 0 Å². The Kier molecular flexibility index (Phi) is 4.47. The van der Waals surface area contributed by atoms with Crippen molar-refractivity contribution in [1.82, 2.24) is 4.98 Å². The highest BCUT2D eigenvalue weighted by Crippen LogP contribution is 2.12. The van der Waals surface area contributed by atoms with E-state index in [9.17, 15) is 0 Å². The number of aliphatic imine (C=N–C) groups is 1. The van der Waals surface area contributed by atoms with Crippen LogP contribution >= 0.6 is 0 Å². The summed E-state index contributed by atoms with van der Waals surface area (Å²) in [6.07, 6.45) is 4.47. The van der Waals surface area contributed by atoms with Crippen LogP contribution in [0.3, 0.4) is 0 Å². The molecule has 0 unspecified atom stereocenters. The van der Waals surface area contributed by atoms with Crippen LogP contribution in [-0.2, 0) is 0 Å². The molecule has 0 aliphatic rings. The van der Waals surface area contributed by atoms with E-state index >= 15 is 0 Å². The van der Waals surface area contributed by atoms with Crippen molar-refractivity contribution in [2.75, 3.05) is 6.61 Å². The van der Waals surface area contributed by atoms with Gasteiger partial charge in [-0.05, 0) is 24.6 Å². The molecule has 0 bridgehead atoms. The van der Waals surface area contributed by atoms with Gasteiger partial charge in [0.05, 0.1) is 24.2 Å². The van der Waals surface area contributed by atoms with Crippen molar-refractivity contribution in [3.05, 3.63) is 54.4 Å². The predicted octanol–water partition coefficient (Wildman–Crippen LogP) is 3.62. The molecule has 0 aliphatic heterocycles. The van der Waals surface area contributed by atoms with Crippen molar-refractivity contribution in [3.63, 3.8) is 0 Å². The van der Waals surface area contributed by atoms with Crippen molar-refractivity contribution in [2.24, 2.45) is 4.99 Å². The van der Waals surface area contributed by atoms with Crippen molar-refractivity contribution in [1.29, 1.82) is 0 Å². The molecule has 3 nitrogen and oxygen atoms in total. The Hall–Kier alpha value is -2.16. The quantitative estimate of drug-likeness (QED) is 0.748. The van der Waals surface area contributed by atoms with Crippen molar-refractivity contribution in [2.45, 2.75) is 13.3 Å². The van der Waals surface area contributed by atoms with Crippen LogP contribution < -0.4 is 4.74 Å². The lowest BCUT2D eigenvalue weighted by Gasteiger charge is -2.03. The van der Waals surface area contributed by atoms with Crippen LogP contribution in [0.4, 0.5) is 5.69 Å². The third-order valence-corrected chi connectivity index (χ3v) is 2.33. The smallest absolute Gasteiger partial charge is 0.123 e. The van der Waals surface area contributed by atoms with Gasteiger partial charge in [0.15, 0.2) is 0 Å². The second kappa shape index (κ2) is 6.55. The number of ether oxygens (including phenoxy) is 1. The molecule has 0 aliphatic carbocycles. The molecule has 2 rings (SSSR count). The molecule has 1 aromatic carbocycles. The van der Waals surface area contributed by atoms with Gasteiger partial charge < -0.3 is 4.74 Å². The summed E-state index contributed by atoms with van der Waals surface area (Å²) in [4.78, 5) is 8.59. The first-order valence-electron chi connectivity index (χ1n) is 6.06. The van der Waals surface area contributed by atoms with Gasteiger partial charge in [0.25, 0.3) is 0 Å². The number of benzene rings is 1. The molecule has 92 valence electrons. The molecule has 1 heterocycles. The summed E-state index contributed by atoms with van der Waals surface area (Å²) in [6, 6.07) is 13.5. The van der Waals surface area contributed by atoms with Crippen LogP contribution in [0.1, 0.15) is 19.0 Å². The number of hydrogen-bond acceptors (Lipinski definition) is 3. The van der Waals surface area contributed by atoms with Crippen LogP contribution in [0.5, 0.6) is 5.75 Å². The van der Waals surface area contributed by atoms with E-state index in [1.807, 2.05) is 42.5 Å². The molecular weight excluding hydrogens is 224 g/mol. The average molecular weight is 240 g/mol. The predicted molar refractivity (Wildman–Crippen MR) is 73.7 cm³/mol. The van der Waals surface area contributed by atoms with Gasteiger partial charge in [-0.15, -0.1) is 0 Å². The maximum atomic E-state index is 5.55. The lowest BCUT2D eigenvalue weighted by molar-refractivity contribution is 0.317. The number of hydrogen-bond donors (Lipinski definition) is 0. The third kappa shape index (κ3) is 3.70. The Morgan fingerprint density at radius 2 is 2.06 bits per heavy atom. The van der Waals surface area contributed by atoms with Gasteiger partial charge in [0.2, 0.25) is 0 Å². The van der Waals surface area contributed by atoms with Gasteiger partial charge in [-0.2, -0.15) is 0 Å². The highest BCUT2D eigenvalue weighted by Gasteiger charge is 1.95. The van der Waals surface area contributed by atoms with Crippen molar-refractivity contribution < 1.29 is 4.74 Å². The SMILES string of the molecule is CCCOc1ccnc(C=Nc2ccccc2)c1. The Bertz CT molecular complexity index is 509. The summed E-state index contributed by atoms with van der Waals surface area (Å²) in [5.74, 6) is 0.835. The number of rotatable bonds is 5. The lowest BCUT2D eigenvalue weighted by atomic mass is 10.3. The van der Waals surface area contributed by atoms with Gasteiger partial charge >= 0.3 is 0 Å². The average Bonchev–Trinajstić information content (AvgIpc) is 2.44. The van der Waals surface area contributed by atoms with E-state index in [0.717, 1.165) is 30.2 Å². The molecule has 0 saturated heterocycles. The molecule has 0 radical (unpaired) electrons. The van der Waals surface area contributed by atoms with Crippen molar-refractivity contribution in [3.8, 4) is 5.75 Å². The van der Waals surface area contributed by atoms with Crippen LogP contribution in [0, 0.1) is 0 Å². The van der Waals surface area contributed by atoms with E-state index in [1.54, 1.807) is 12.4 Å². The van der Waals surface area contributed by atoms with Gasteiger partial charge in [-0.1, -0.05) is 25.1 Å². The van der Waals surface area contributed by atoms with E-state index in [4.69, 9.17) is 4.74 Å². The highest BCUT2D eigenvalue weighted by molar-refractivity contribution is 5.79. The molecule has 2 aromatic rings. The van der Waals surface area contributed by atoms with E-state index < -0.39 is 0 Å². The maximum absolute atomic E-state index is 5.55. The normalized spacial score (nSPS) is 10.7. The fourth-order valence-electron chi connectivity index (χ4n) is 1.46.